The van der Waals surface area contributed by atoms with E-state index in [1.807, 2.05) is 32.0 Å². The topological polar surface area (TPSA) is 79.8 Å². The van der Waals surface area contributed by atoms with Crippen LogP contribution >= 0.6 is 0 Å². The van der Waals surface area contributed by atoms with Crippen LogP contribution in [0.5, 0.6) is 0 Å². The molecule has 0 aliphatic rings. The van der Waals surface area contributed by atoms with Gasteiger partial charge < -0.3 is 10.6 Å². The van der Waals surface area contributed by atoms with Gasteiger partial charge in [-0.05, 0) is 18.1 Å². The Kier molecular flexibility index (Phi) is 5.20. The van der Waals surface area contributed by atoms with Gasteiger partial charge in [0.1, 0.15) is 17.8 Å². The second-order valence-corrected chi connectivity index (χ2v) is 5.07. The molecule has 1 amide bonds. The fourth-order valence-corrected chi connectivity index (χ4v) is 1.65. The van der Waals surface area contributed by atoms with E-state index in [0.717, 1.165) is 5.69 Å². The summed E-state index contributed by atoms with van der Waals surface area (Å²) in [6, 6.07) is 7.35. The molecule has 0 spiro atoms. The lowest BCUT2D eigenvalue weighted by molar-refractivity contribution is 0.0944. The molecule has 0 radical (unpaired) electrons. The summed E-state index contributed by atoms with van der Waals surface area (Å²) in [5, 5.41) is 5.96. The average molecular weight is 285 g/mol. The second kappa shape index (κ2) is 7.33. The number of hydrogen-bond donors (Lipinski definition) is 2. The Balaban J connectivity index is 1.96. The summed E-state index contributed by atoms with van der Waals surface area (Å²) >= 11 is 0. The van der Waals surface area contributed by atoms with Crippen molar-refractivity contribution in [1.82, 2.24) is 20.3 Å². The van der Waals surface area contributed by atoms with Gasteiger partial charge in [-0.15, -0.1) is 0 Å². The SMILES string of the molecule is CC(C)CNC(=O)c1cc(NCc2ccccn2)ncn1. The summed E-state index contributed by atoms with van der Waals surface area (Å²) in [4.78, 5) is 24.2. The number of amides is 1. The molecule has 6 heteroatoms. The molecule has 6 nitrogen and oxygen atoms in total. The number of anilines is 1. The van der Waals surface area contributed by atoms with E-state index < -0.39 is 0 Å². The molecule has 2 aromatic heterocycles. The summed E-state index contributed by atoms with van der Waals surface area (Å²) in [5.41, 5.74) is 1.26. The summed E-state index contributed by atoms with van der Waals surface area (Å²) in [5.74, 6) is 0.815. The summed E-state index contributed by atoms with van der Waals surface area (Å²) in [6.45, 7) is 5.25. The number of pyridine rings is 1. The number of aromatic nitrogens is 3. The van der Waals surface area contributed by atoms with Gasteiger partial charge in [-0.3, -0.25) is 9.78 Å². The standard InChI is InChI=1S/C15H19N5O/c1-11(2)8-18-15(21)13-7-14(20-10-19-13)17-9-12-5-3-4-6-16-12/h3-7,10-11H,8-9H2,1-2H3,(H,18,21)(H,17,19,20). The minimum Gasteiger partial charge on any atom is -0.364 e. The molecule has 0 saturated carbocycles. The van der Waals surface area contributed by atoms with Crippen LogP contribution in [-0.4, -0.2) is 27.4 Å². The molecule has 0 bridgehead atoms. The highest BCUT2D eigenvalue weighted by Gasteiger charge is 2.08. The van der Waals surface area contributed by atoms with Crippen LogP contribution in [0.15, 0.2) is 36.8 Å². The van der Waals surface area contributed by atoms with Gasteiger partial charge in [0.05, 0.1) is 12.2 Å². The largest absolute Gasteiger partial charge is 0.364 e. The summed E-state index contributed by atoms with van der Waals surface area (Å²) in [6.07, 6.45) is 3.12. The van der Waals surface area contributed by atoms with Gasteiger partial charge in [0, 0.05) is 18.8 Å². The molecular weight excluding hydrogens is 266 g/mol. The van der Waals surface area contributed by atoms with E-state index in [-0.39, 0.29) is 5.91 Å². The zero-order valence-electron chi connectivity index (χ0n) is 12.2. The van der Waals surface area contributed by atoms with Crippen LogP contribution in [0.4, 0.5) is 5.82 Å². The van der Waals surface area contributed by atoms with Crippen LogP contribution in [0.3, 0.4) is 0 Å². The summed E-state index contributed by atoms with van der Waals surface area (Å²) < 4.78 is 0. The van der Waals surface area contributed by atoms with Gasteiger partial charge in [0.2, 0.25) is 0 Å². The first kappa shape index (κ1) is 14.9. The van der Waals surface area contributed by atoms with Crippen molar-refractivity contribution in [2.45, 2.75) is 20.4 Å². The molecule has 0 unspecified atom stereocenters. The molecule has 2 rings (SSSR count). The third kappa shape index (κ3) is 4.83. The fraction of sp³-hybridized carbons (Fsp3) is 0.333. The van der Waals surface area contributed by atoms with E-state index >= 15 is 0 Å². The molecule has 2 heterocycles. The number of hydrogen-bond acceptors (Lipinski definition) is 5. The molecular formula is C15H19N5O. The molecule has 0 fully saturated rings. The third-order valence-corrected chi connectivity index (χ3v) is 2.75. The van der Waals surface area contributed by atoms with Crippen molar-refractivity contribution >= 4 is 11.7 Å². The van der Waals surface area contributed by atoms with Gasteiger partial charge in [0.15, 0.2) is 0 Å². The monoisotopic (exact) mass is 285 g/mol. The van der Waals surface area contributed by atoms with Crippen LogP contribution in [-0.2, 0) is 6.54 Å². The molecule has 0 aliphatic heterocycles. The van der Waals surface area contributed by atoms with Gasteiger partial charge >= 0.3 is 0 Å². The average Bonchev–Trinajstić information content (AvgIpc) is 2.52. The maximum atomic E-state index is 11.9. The quantitative estimate of drug-likeness (QED) is 0.847. The van der Waals surface area contributed by atoms with E-state index in [4.69, 9.17) is 0 Å². The number of rotatable bonds is 6. The van der Waals surface area contributed by atoms with Crippen LogP contribution in [0.25, 0.3) is 0 Å². The van der Waals surface area contributed by atoms with Crippen molar-refractivity contribution in [3.05, 3.63) is 48.2 Å². The zero-order chi connectivity index (χ0) is 15.1. The number of nitrogens with zero attached hydrogens (tertiary/aromatic N) is 3. The Morgan fingerprint density at radius 3 is 2.81 bits per heavy atom. The third-order valence-electron chi connectivity index (χ3n) is 2.75. The number of carbonyl (C=O) groups is 1. The van der Waals surface area contributed by atoms with E-state index in [1.54, 1.807) is 12.3 Å². The van der Waals surface area contributed by atoms with Crippen LogP contribution in [0, 0.1) is 5.92 Å². The Morgan fingerprint density at radius 1 is 1.24 bits per heavy atom. The van der Waals surface area contributed by atoms with Gasteiger partial charge in [-0.2, -0.15) is 0 Å². The van der Waals surface area contributed by atoms with Crippen molar-refractivity contribution in [3.63, 3.8) is 0 Å². The smallest absolute Gasteiger partial charge is 0.270 e. The van der Waals surface area contributed by atoms with Gasteiger partial charge in [0.25, 0.3) is 5.91 Å². The van der Waals surface area contributed by atoms with E-state index in [9.17, 15) is 4.79 Å². The number of nitrogens with one attached hydrogen (secondary N) is 2. The van der Waals surface area contributed by atoms with Crippen molar-refractivity contribution < 1.29 is 4.79 Å². The van der Waals surface area contributed by atoms with E-state index in [0.29, 0.717) is 30.5 Å². The molecule has 0 aliphatic carbocycles. The lowest BCUT2D eigenvalue weighted by atomic mass is 10.2. The van der Waals surface area contributed by atoms with E-state index in [2.05, 4.69) is 25.6 Å². The lowest BCUT2D eigenvalue weighted by Gasteiger charge is -2.08. The van der Waals surface area contributed by atoms with Crippen LogP contribution in [0.2, 0.25) is 0 Å². The molecule has 21 heavy (non-hydrogen) atoms. The zero-order valence-corrected chi connectivity index (χ0v) is 12.2. The Labute approximate surface area is 124 Å². The normalized spacial score (nSPS) is 10.4. The molecule has 2 N–H and O–H groups in total. The highest BCUT2D eigenvalue weighted by Crippen LogP contribution is 2.06. The van der Waals surface area contributed by atoms with E-state index in [1.165, 1.54) is 6.33 Å². The predicted octanol–water partition coefficient (Wildman–Crippen LogP) is 1.87. The first-order chi connectivity index (χ1) is 10.1. The Bertz CT molecular complexity index is 586. The maximum Gasteiger partial charge on any atom is 0.270 e. The maximum absolute atomic E-state index is 11.9. The second-order valence-electron chi connectivity index (χ2n) is 5.07. The van der Waals surface area contributed by atoms with Gasteiger partial charge in [-0.25, -0.2) is 9.97 Å². The first-order valence-electron chi connectivity index (χ1n) is 6.89. The Hall–Kier alpha value is -2.50. The highest BCUT2D eigenvalue weighted by atomic mass is 16.1. The first-order valence-corrected chi connectivity index (χ1v) is 6.89. The fourth-order valence-electron chi connectivity index (χ4n) is 1.65. The van der Waals surface area contributed by atoms with Crippen molar-refractivity contribution in [1.29, 1.82) is 0 Å². The molecule has 0 aromatic carbocycles. The lowest BCUT2D eigenvalue weighted by Crippen LogP contribution is -2.28. The number of carbonyl (C=O) groups excluding carboxylic acids is 1. The Morgan fingerprint density at radius 2 is 2.10 bits per heavy atom. The van der Waals surface area contributed by atoms with Crippen molar-refractivity contribution in [2.24, 2.45) is 5.92 Å². The van der Waals surface area contributed by atoms with Crippen molar-refractivity contribution in [2.75, 3.05) is 11.9 Å². The minimum atomic E-state index is -0.188. The molecule has 2 aromatic rings. The molecule has 0 atom stereocenters. The summed E-state index contributed by atoms with van der Waals surface area (Å²) in [7, 11) is 0. The van der Waals surface area contributed by atoms with Crippen LogP contribution < -0.4 is 10.6 Å². The van der Waals surface area contributed by atoms with Crippen molar-refractivity contribution in [3.8, 4) is 0 Å². The highest BCUT2D eigenvalue weighted by molar-refractivity contribution is 5.92. The van der Waals surface area contributed by atoms with Gasteiger partial charge in [-0.1, -0.05) is 19.9 Å². The minimum absolute atomic E-state index is 0.188. The molecule has 0 saturated heterocycles. The predicted molar refractivity (Wildman–Crippen MR) is 80.8 cm³/mol. The van der Waals surface area contributed by atoms with Crippen LogP contribution in [0.1, 0.15) is 30.0 Å². The molecule has 110 valence electrons.